The lowest BCUT2D eigenvalue weighted by molar-refractivity contribution is -0.384. The van der Waals surface area contributed by atoms with Gasteiger partial charge in [-0.2, -0.15) is 0 Å². The summed E-state index contributed by atoms with van der Waals surface area (Å²) in [7, 11) is 0. The lowest BCUT2D eigenvalue weighted by Gasteiger charge is -2.36. The molecule has 3 N–H and O–H groups in total. The van der Waals surface area contributed by atoms with Gasteiger partial charge in [0.1, 0.15) is 17.0 Å². The van der Waals surface area contributed by atoms with Gasteiger partial charge >= 0.3 is 0 Å². The number of aliphatic hydroxyl groups is 1. The number of hydrogen-bond donors (Lipinski definition) is 2. The minimum absolute atomic E-state index is 0.0873. The highest BCUT2D eigenvalue weighted by Gasteiger charge is 2.36. The van der Waals surface area contributed by atoms with E-state index < -0.39 is 16.6 Å². The number of nitrogens with zero attached hydrogens (tertiary/aromatic N) is 1. The van der Waals surface area contributed by atoms with Crippen LogP contribution in [0, 0.1) is 10.1 Å². The molecule has 0 amide bonds. The Morgan fingerprint density at radius 3 is 2.82 bits per heavy atom. The molecule has 0 saturated heterocycles. The fraction of sp³-hybridized carbons (Fsp3) is 0.455. The van der Waals surface area contributed by atoms with E-state index in [4.69, 9.17) is 10.5 Å². The number of rotatable bonds is 1. The molecule has 0 saturated carbocycles. The number of benzene rings is 1. The van der Waals surface area contributed by atoms with Gasteiger partial charge in [-0.15, -0.1) is 0 Å². The number of ether oxygens (including phenoxy) is 1. The van der Waals surface area contributed by atoms with Crippen LogP contribution in [0.4, 0.5) is 11.4 Å². The van der Waals surface area contributed by atoms with Crippen molar-refractivity contribution in [1.29, 1.82) is 0 Å². The average Bonchev–Trinajstić information content (AvgIpc) is 2.19. The number of fused-ring (bicyclic) bond motifs is 1. The van der Waals surface area contributed by atoms with E-state index in [0.717, 1.165) is 0 Å². The van der Waals surface area contributed by atoms with Gasteiger partial charge in [0.15, 0.2) is 0 Å². The van der Waals surface area contributed by atoms with E-state index in [0.29, 0.717) is 17.7 Å². The van der Waals surface area contributed by atoms with Gasteiger partial charge in [0, 0.05) is 6.42 Å². The zero-order valence-electron chi connectivity index (χ0n) is 9.64. The molecule has 0 aliphatic carbocycles. The SMILES string of the molecule is CC1(C)Oc2cc([N+](=O)[O-])c(N)cc2C[C@H]1O. The zero-order chi connectivity index (χ0) is 12.8. The van der Waals surface area contributed by atoms with E-state index in [9.17, 15) is 15.2 Å². The van der Waals surface area contributed by atoms with Crippen LogP contribution in [-0.2, 0) is 6.42 Å². The van der Waals surface area contributed by atoms with Crippen molar-refractivity contribution in [3.8, 4) is 5.75 Å². The molecule has 1 atom stereocenters. The second kappa shape index (κ2) is 3.59. The Kier molecular flexibility index (Phi) is 2.46. The van der Waals surface area contributed by atoms with Gasteiger partial charge in [-0.25, -0.2) is 0 Å². The first kappa shape index (κ1) is 11.7. The molecule has 1 aromatic rings. The van der Waals surface area contributed by atoms with Crippen molar-refractivity contribution in [2.75, 3.05) is 5.73 Å². The molecule has 6 nitrogen and oxygen atoms in total. The topological polar surface area (TPSA) is 98.6 Å². The van der Waals surface area contributed by atoms with Crippen LogP contribution in [0.25, 0.3) is 0 Å². The third-order valence-electron chi connectivity index (χ3n) is 3.00. The van der Waals surface area contributed by atoms with Crippen molar-refractivity contribution in [2.45, 2.75) is 32.0 Å². The van der Waals surface area contributed by atoms with Crippen molar-refractivity contribution in [1.82, 2.24) is 0 Å². The highest BCUT2D eigenvalue weighted by Crippen LogP contribution is 2.38. The first-order valence-corrected chi connectivity index (χ1v) is 5.25. The normalized spacial score (nSPS) is 21.5. The molecule has 0 unspecified atom stereocenters. The Hall–Kier alpha value is -1.82. The molecular weight excluding hydrogens is 224 g/mol. The molecule has 2 rings (SSSR count). The highest BCUT2D eigenvalue weighted by molar-refractivity contribution is 5.64. The Morgan fingerprint density at radius 1 is 1.59 bits per heavy atom. The summed E-state index contributed by atoms with van der Waals surface area (Å²) in [5.74, 6) is 0.418. The third-order valence-corrected chi connectivity index (χ3v) is 3.00. The van der Waals surface area contributed by atoms with E-state index >= 15 is 0 Å². The molecule has 17 heavy (non-hydrogen) atoms. The van der Waals surface area contributed by atoms with Crippen LogP contribution in [0.2, 0.25) is 0 Å². The summed E-state index contributed by atoms with van der Waals surface area (Å²) in [6, 6.07) is 2.81. The largest absolute Gasteiger partial charge is 0.485 e. The van der Waals surface area contributed by atoms with Crippen LogP contribution in [-0.4, -0.2) is 21.7 Å². The summed E-state index contributed by atoms with van der Waals surface area (Å²) in [5.41, 5.74) is 5.44. The molecule has 92 valence electrons. The van der Waals surface area contributed by atoms with Crippen molar-refractivity contribution in [2.24, 2.45) is 0 Å². The van der Waals surface area contributed by atoms with Gasteiger partial charge in [-0.05, 0) is 25.5 Å². The number of aliphatic hydroxyl groups excluding tert-OH is 1. The lowest BCUT2D eigenvalue weighted by Crippen LogP contribution is -2.46. The fourth-order valence-corrected chi connectivity index (χ4v) is 1.85. The Morgan fingerprint density at radius 2 is 2.24 bits per heavy atom. The Labute approximate surface area is 98.2 Å². The Balaban J connectivity index is 2.50. The smallest absolute Gasteiger partial charge is 0.295 e. The van der Waals surface area contributed by atoms with Crippen LogP contribution in [0.15, 0.2) is 12.1 Å². The lowest BCUT2D eigenvalue weighted by atomic mass is 9.91. The summed E-state index contributed by atoms with van der Waals surface area (Å²) < 4.78 is 5.57. The zero-order valence-corrected chi connectivity index (χ0v) is 9.64. The van der Waals surface area contributed by atoms with Crippen LogP contribution in [0.1, 0.15) is 19.4 Å². The molecule has 0 bridgehead atoms. The van der Waals surface area contributed by atoms with Gasteiger partial charge in [0.2, 0.25) is 0 Å². The second-order valence-corrected chi connectivity index (χ2v) is 4.70. The number of hydrogen-bond acceptors (Lipinski definition) is 5. The van der Waals surface area contributed by atoms with Gasteiger partial charge in [-0.1, -0.05) is 0 Å². The molecule has 1 heterocycles. The first-order valence-electron chi connectivity index (χ1n) is 5.25. The number of nitro groups is 1. The number of nitrogen functional groups attached to an aromatic ring is 1. The van der Waals surface area contributed by atoms with Gasteiger partial charge < -0.3 is 15.6 Å². The maximum absolute atomic E-state index is 10.8. The van der Waals surface area contributed by atoms with Crippen LogP contribution in [0.3, 0.4) is 0 Å². The summed E-state index contributed by atoms with van der Waals surface area (Å²) in [5, 5.41) is 20.6. The highest BCUT2D eigenvalue weighted by atomic mass is 16.6. The van der Waals surface area contributed by atoms with Gasteiger partial charge in [-0.3, -0.25) is 10.1 Å². The quantitative estimate of drug-likeness (QED) is 0.436. The summed E-state index contributed by atoms with van der Waals surface area (Å²) in [6.45, 7) is 3.48. The molecule has 1 aliphatic heterocycles. The summed E-state index contributed by atoms with van der Waals surface area (Å²) in [4.78, 5) is 10.2. The van der Waals surface area contributed by atoms with E-state index in [1.807, 2.05) is 0 Å². The minimum Gasteiger partial charge on any atom is -0.485 e. The van der Waals surface area contributed by atoms with Crippen LogP contribution >= 0.6 is 0 Å². The van der Waals surface area contributed by atoms with E-state index in [2.05, 4.69) is 0 Å². The molecule has 1 aliphatic rings. The fourth-order valence-electron chi connectivity index (χ4n) is 1.85. The van der Waals surface area contributed by atoms with E-state index in [1.54, 1.807) is 13.8 Å². The maximum Gasteiger partial charge on any atom is 0.295 e. The molecular formula is C11H14N2O4. The standard InChI is InChI=1S/C11H14N2O4/c1-11(2)10(14)4-6-3-7(12)8(13(15)16)5-9(6)17-11/h3,5,10,14H,4,12H2,1-2H3/t10-/m1/s1. The third kappa shape index (κ3) is 1.91. The predicted octanol–water partition coefficient (Wildman–Crippen LogP) is 1.25. The van der Waals surface area contributed by atoms with Crippen molar-refractivity contribution >= 4 is 11.4 Å². The van der Waals surface area contributed by atoms with Crippen LogP contribution in [0.5, 0.6) is 5.75 Å². The number of anilines is 1. The molecule has 0 fully saturated rings. The molecule has 6 heteroatoms. The Bertz CT molecular complexity index is 485. The number of nitrogens with two attached hydrogens (primary N) is 1. The van der Waals surface area contributed by atoms with Gasteiger partial charge in [0.05, 0.1) is 17.1 Å². The summed E-state index contributed by atoms with van der Waals surface area (Å²) in [6.07, 6.45) is -0.277. The van der Waals surface area contributed by atoms with Crippen molar-refractivity contribution in [3.63, 3.8) is 0 Å². The molecule has 0 aromatic heterocycles. The first-order chi connectivity index (χ1) is 7.81. The number of nitro benzene ring substituents is 1. The molecule has 0 radical (unpaired) electrons. The average molecular weight is 238 g/mol. The van der Waals surface area contributed by atoms with Crippen molar-refractivity contribution in [3.05, 3.63) is 27.8 Å². The van der Waals surface area contributed by atoms with E-state index in [-0.39, 0.29) is 11.4 Å². The molecule has 0 spiro atoms. The van der Waals surface area contributed by atoms with Gasteiger partial charge in [0.25, 0.3) is 5.69 Å². The van der Waals surface area contributed by atoms with E-state index in [1.165, 1.54) is 12.1 Å². The van der Waals surface area contributed by atoms with Crippen molar-refractivity contribution < 1.29 is 14.8 Å². The minimum atomic E-state index is -0.753. The maximum atomic E-state index is 10.8. The second-order valence-electron chi connectivity index (χ2n) is 4.70. The van der Waals surface area contributed by atoms with Crippen LogP contribution < -0.4 is 10.5 Å². The predicted molar refractivity (Wildman–Crippen MR) is 61.9 cm³/mol. The monoisotopic (exact) mass is 238 g/mol. The molecule has 1 aromatic carbocycles. The summed E-state index contributed by atoms with van der Waals surface area (Å²) >= 11 is 0.